The molecule has 0 amide bonds. The molecule has 0 aliphatic heterocycles. The first-order chi connectivity index (χ1) is 9.58. The van der Waals surface area contributed by atoms with E-state index in [1.54, 1.807) is 18.2 Å². The zero-order valence-corrected chi connectivity index (χ0v) is 12.3. The maximum atomic E-state index is 14.0. The third-order valence-corrected chi connectivity index (χ3v) is 3.96. The van der Waals surface area contributed by atoms with Crippen LogP contribution in [-0.4, -0.2) is 9.55 Å². The normalized spacial score (nSPS) is 12.8. The van der Waals surface area contributed by atoms with Gasteiger partial charge in [-0.25, -0.2) is 4.39 Å². The molecule has 1 heterocycles. The van der Waals surface area contributed by atoms with E-state index in [0.717, 1.165) is 11.0 Å². The number of benzene rings is 2. The minimum absolute atomic E-state index is 0.212. The monoisotopic (exact) mass is 306 g/mol. The quantitative estimate of drug-likeness (QED) is 0.653. The molecule has 1 unspecified atom stereocenters. The fourth-order valence-electron chi connectivity index (χ4n) is 2.43. The van der Waals surface area contributed by atoms with Gasteiger partial charge in [0.2, 0.25) is 0 Å². The van der Waals surface area contributed by atoms with Crippen molar-refractivity contribution < 1.29 is 4.39 Å². The van der Waals surface area contributed by atoms with E-state index < -0.39 is 0 Å². The summed E-state index contributed by atoms with van der Waals surface area (Å²) in [6.07, 6.45) is 0. The van der Waals surface area contributed by atoms with E-state index in [-0.39, 0.29) is 11.9 Å². The molecule has 5 heteroatoms. The molecule has 2 nitrogen and oxygen atoms in total. The molecule has 0 bridgehead atoms. The molecule has 3 rings (SSSR count). The molecule has 0 spiro atoms. The number of aromatic amines is 1. The molecule has 1 atom stereocenters. The maximum Gasteiger partial charge on any atom is 0.178 e. The topological polar surface area (TPSA) is 20.7 Å². The van der Waals surface area contributed by atoms with Gasteiger partial charge in [0, 0.05) is 10.6 Å². The van der Waals surface area contributed by atoms with Gasteiger partial charge in [-0.05, 0) is 43.4 Å². The van der Waals surface area contributed by atoms with Gasteiger partial charge in [-0.2, -0.15) is 0 Å². The van der Waals surface area contributed by atoms with Crippen LogP contribution in [0.25, 0.3) is 11.0 Å². The summed E-state index contributed by atoms with van der Waals surface area (Å²) in [6.45, 7) is 1.92. The van der Waals surface area contributed by atoms with Crippen molar-refractivity contribution in [2.75, 3.05) is 0 Å². The molecule has 1 aromatic heterocycles. The van der Waals surface area contributed by atoms with Crippen molar-refractivity contribution in [3.05, 3.63) is 63.6 Å². The van der Waals surface area contributed by atoms with Crippen molar-refractivity contribution in [1.29, 1.82) is 0 Å². The van der Waals surface area contributed by atoms with Crippen LogP contribution in [0.4, 0.5) is 4.39 Å². The van der Waals surface area contributed by atoms with Crippen molar-refractivity contribution in [1.82, 2.24) is 9.55 Å². The summed E-state index contributed by atoms with van der Waals surface area (Å²) >= 11 is 11.4. The average molecular weight is 307 g/mol. The predicted octanol–water partition coefficient (Wildman–Crippen LogP) is 5.10. The van der Waals surface area contributed by atoms with Crippen LogP contribution in [0.2, 0.25) is 5.02 Å². The van der Waals surface area contributed by atoms with Crippen LogP contribution in [0.3, 0.4) is 0 Å². The summed E-state index contributed by atoms with van der Waals surface area (Å²) in [5.41, 5.74) is 2.37. The lowest BCUT2D eigenvalue weighted by molar-refractivity contribution is 0.561. The summed E-state index contributed by atoms with van der Waals surface area (Å²) < 4.78 is 16.4. The Morgan fingerprint density at radius 3 is 2.75 bits per heavy atom. The number of hydrogen-bond donors (Lipinski definition) is 1. The number of aromatic nitrogens is 2. The third kappa shape index (κ3) is 2.15. The zero-order chi connectivity index (χ0) is 14.3. The average Bonchev–Trinajstić information content (AvgIpc) is 2.74. The lowest BCUT2D eigenvalue weighted by Gasteiger charge is -2.16. The SMILES string of the molecule is CC(c1ccccc1F)n1c(=S)[nH]c2ccc(Cl)cc21. The Balaban J connectivity index is 2.24. The molecule has 3 aromatic rings. The fraction of sp³-hybridized carbons (Fsp3) is 0.133. The molecule has 0 fully saturated rings. The second kappa shape index (κ2) is 5.04. The van der Waals surface area contributed by atoms with Gasteiger partial charge in [0.15, 0.2) is 4.77 Å². The first kappa shape index (κ1) is 13.3. The van der Waals surface area contributed by atoms with Crippen molar-refractivity contribution in [2.45, 2.75) is 13.0 Å². The number of imidazole rings is 1. The van der Waals surface area contributed by atoms with Crippen molar-refractivity contribution in [3.8, 4) is 0 Å². The lowest BCUT2D eigenvalue weighted by atomic mass is 10.1. The Morgan fingerprint density at radius 1 is 1.25 bits per heavy atom. The molecule has 0 saturated heterocycles. The van der Waals surface area contributed by atoms with Crippen molar-refractivity contribution in [2.24, 2.45) is 0 Å². The summed E-state index contributed by atoms with van der Waals surface area (Å²) in [4.78, 5) is 3.12. The van der Waals surface area contributed by atoms with Gasteiger partial charge in [0.1, 0.15) is 5.82 Å². The molecule has 20 heavy (non-hydrogen) atoms. The Morgan fingerprint density at radius 2 is 2.00 bits per heavy atom. The Hall–Kier alpha value is -1.65. The number of halogens is 2. The molecular formula is C15H12ClFN2S. The standard InChI is InChI=1S/C15H12ClFN2S/c1-9(11-4-2-3-5-12(11)17)19-14-8-10(16)6-7-13(14)18-15(19)20/h2-9H,1H3,(H,18,20). The highest BCUT2D eigenvalue weighted by atomic mass is 35.5. The minimum atomic E-state index is -0.238. The van der Waals surface area contributed by atoms with Gasteiger partial charge in [0.25, 0.3) is 0 Å². The third-order valence-electron chi connectivity index (χ3n) is 3.42. The Bertz CT molecular complexity index is 837. The number of nitrogens with one attached hydrogen (secondary N) is 1. The Labute approximate surface area is 125 Å². The van der Waals surface area contributed by atoms with E-state index in [9.17, 15) is 4.39 Å². The highest BCUT2D eigenvalue weighted by Crippen LogP contribution is 2.27. The highest BCUT2D eigenvalue weighted by molar-refractivity contribution is 7.71. The van der Waals surface area contributed by atoms with Gasteiger partial charge in [0.05, 0.1) is 17.1 Å². The molecule has 102 valence electrons. The van der Waals surface area contributed by atoms with Crippen LogP contribution < -0.4 is 0 Å². The Kier molecular flexibility index (Phi) is 3.36. The summed E-state index contributed by atoms with van der Waals surface area (Å²) in [7, 11) is 0. The molecule has 0 radical (unpaired) electrons. The van der Waals surface area contributed by atoms with E-state index in [1.807, 2.05) is 29.7 Å². The lowest BCUT2D eigenvalue weighted by Crippen LogP contribution is -2.08. The maximum absolute atomic E-state index is 14.0. The molecule has 0 saturated carbocycles. The van der Waals surface area contributed by atoms with Gasteiger partial charge in [-0.1, -0.05) is 29.8 Å². The molecule has 0 aliphatic rings. The fourth-order valence-corrected chi connectivity index (χ4v) is 2.96. The van der Waals surface area contributed by atoms with Crippen LogP contribution in [0.15, 0.2) is 42.5 Å². The van der Waals surface area contributed by atoms with Crippen LogP contribution in [-0.2, 0) is 0 Å². The first-order valence-electron chi connectivity index (χ1n) is 6.22. The molecule has 0 aliphatic carbocycles. The zero-order valence-electron chi connectivity index (χ0n) is 10.7. The largest absolute Gasteiger partial charge is 0.331 e. The summed E-state index contributed by atoms with van der Waals surface area (Å²) in [5, 5.41) is 0.626. The number of hydrogen-bond acceptors (Lipinski definition) is 1. The van der Waals surface area contributed by atoms with Gasteiger partial charge < -0.3 is 9.55 Å². The van der Waals surface area contributed by atoms with E-state index in [2.05, 4.69) is 4.98 Å². The second-order valence-corrected chi connectivity index (χ2v) is 5.48. The number of rotatable bonds is 2. The smallest absolute Gasteiger partial charge is 0.178 e. The first-order valence-corrected chi connectivity index (χ1v) is 7.01. The number of nitrogens with zero attached hydrogens (tertiary/aromatic N) is 1. The molecule has 1 N–H and O–H groups in total. The van der Waals surface area contributed by atoms with E-state index in [4.69, 9.17) is 23.8 Å². The van der Waals surface area contributed by atoms with Gasteiger partial charge in [-0.15, -0.1) is 0 Å². The van der Waals surface area contributed by atoms with Crippen molar-refractivity contribution >= 4 is 34.9 Å². The summed E-state index contributed by atoms with van der Waals surface area (Å²) in [5.74, 6) is -0.238. The second-order valence-electron chi connectivity index (χ2n) is 4.66. The van der Waals surface area contributed by atoms with E-state index in [0.29, 0.717) is 15.4 Å². The van der Waals surface area contributed by atoms with Crippen LogP contribution in [0, 0.1) is 10.6 Å². The minimum Gasteiger partial charge on any atom is -0.331 e. The van der Waals surface area contributed by atoms with Crippen LogP contribution >= 0.6 is 23.8 Å². The number of fused-ring (bicyclic) bond motifs is 1. The van der Waals surface area contributed by atoms with Gasteiger partial charge >= 0.3 is 0 Å². The molecular weight excluding hydrogens is 295 g/mol. The van der Waals surface area contributed by atoms with Crippen molar-refractivity contribution in [3.63, 3.8) is 0 Å². The molecule has 2 aromatic carbocycles. The number of H-pyrrole nitrogens is 1. The van der Waals surface area contributed by atoms with E-state index >= 15 is 0 Å². The predicted molar refractivity (Wildman–Crippen MR) is 82.3 cm³/mol. The van der Waals surface area contributed by atoms with E-state index in [1.165, 1.54) is 6.07 Å². The van der Waals surface area contributed by atoms with Gasteiger partial charge in [-0.3, -0.25) is 0 Å². The highest BCUT2D eigenvalue weighted by Gasteiger charge is 2.16. The summed E-state index contributed by atoms with van der Waals surface area (Å²) in [6, 6.07) is 12.0. The van der Waals surface area contributed by atoms with Crippen LogP contribution in [0.1, 0.15) is 18.5 Å². The van der Waals surface area contributed by atoms with Crippen LogP contribution in [0.5, 0.6) is 0 Å².